The van der Waals surface area contributed by atoms with Gasteiger partial charge in [-0.3, -0.25) is 9.10 Å². The second-order valence-electron chi connectivity index (χ2n) is 7.40. The standard InChI is InChI=1S/C22H26N4O4S2/c1-15-7-10-18(14-16(15)2)26(32(4,28)29)13-5-6-20(27)23-22-25-24-21(31-22)17-8-11-19(30-3)12-9-17/h7-12,14H,5-6,13H2,1-4H3,(H,23,25,27). The topological polar surface area (TPSA) is 101 Å². The lowest BCUT2D eigenvalue weighted by atomic mass is 10.1. The SMILES string of the molecule is COc1ccc(-c2nnc(NC(=O)CCCN(c3ccc(C)c(C)c3)S(C)(=O)=O)s2)cc1. The molecule has 1 heterocycles. The van der Waals surface area contributed by atoms with Gasteiger partial charge in [-0.25, -0.2) is 8.42 Å². The van der Waals surface area contributed by atoms with Crippen molar-refractivity contribution >= 4 is 38.1 Å². The first kappa shape index (κ1) is 23.7. The van der Waals surface area contributed by atoms with E-state index in [0.717, 1.165) is 22.4 Å². The summed E-state index contributed by atoms with van der Waals surface area (Å²) in [6.45, 7) is 4.12. The van der Waals surface area contributed by atoms with E-state index < -0.39 is 10.0 Å². The van der Waals surface area contributed by atoms with Crippen molar-refractivity contribution < 1.29 is 17.9 Å². The molecule has 0 fully saturated rings. The van der Waals surface area contributed by atoms with Gasteiger partial charge in [0, 0.05) is 18.5 Å². The van der Waals surface area contributed by atoms with Crippen molar-refractivity contribution in [2.45, 2.75) is 26.7 Å². The molecule has 0 saturated carbocycles. The number of sulfonamides is 1. The number of ether oxygens (including phenoxy) is 1. The quantitative estimate of drug-likeness (QED) is 0.503. The van der Waals surface area contributed by atoms with Crippen LogP contribution in [0, 0.1) is 13.8 Å². The highest BCUT2D eigenvalue weighted by Crippen LogP contribution is 2.28. The van der Waals surface area contributed by atoms with Gasteiger partial charge >= 0.3 is 0 Å². The summed E-state index contributed by atoms with van der Waals surface area (Å²) in [6.07, 6.45) is 1.70. The van der Waals surface area contributed by atoms with Crippen molar-refractivity contribution in [1.82, 2.24) is 10.2 Å². The molecule has 32 heavy (non-hydrogen) atoms. The lowest BCUT2D eigenvalue weighted by Crippen LogP contribution is -2.31. The molecule has 10 heteroatoms. The Hall–Kier alpha value is -2.98. The number of carbonyl (C=O) groups is 1. The molecule has 2 aromatic carbocycles. The zero-order valence-electron chi connectivity index (χ0n) is 18.5. The summed E-state index contributed by atoms with van der Waals surface area (Å²) < 4.78 is 31.0. The molecular weight excluding hydrogens is 448 g/mol. The van der Waals surface area contributed by atoms with Gasteiger partial charge in [0.15, 0.2) is 0 Å². The molecule has 3 aromatic rings. The predicted octanol–water partition coefficient (Wildman–Crippen LogP) is 4.02. The largest absolute Gasteiger partial charge is 0.497 e. The molecule has 0 aliphatic rings. The zero-order chi connectivity index (χ0) is 23.3. The van der Waals surface area contributed by atoms with Gasteiger partial charge in [-0.1, -0.05) is 17.4 Å². The summed E-state index contributed by atoms with van der Waals surface area (Å²) in [4.78, 5) is 12.4. The number of methoxy groups -OCH3 is 1. The van der Waals surface area contributed by atoms with Gasteiger partial charge in [-0.05, 0) is 67.8 Å². The van der Waals surface area contributed by atoms with E-state index >= 15 is 0 Å². The maximum Gasteiger partial charge on any atom is 0.232 e. The number of hydrogen-bond acceptors (Lipinski definition) is 7. The minimum atomic E-state index is -3.46. The van der Waals surface area contributed by atoms with Gasteiger partial charge in [0.2, 0.25) is 21.1 Å². The van der Waals surface area contributed by atoms with Crippen molar-refractivity contribution in [3.8, 4) is 16.3 Å². The van der Waals surface area contributed by atoms with Gasteiger partial charge < -0.3 is 10.1 Å². The molecule has 0 radical (unpaired) electrons. The number of aryl methyl sites for hydroxylation is 2. The Morgan fingerprint density at radius 2 is 1.81 bits per heavy atom. The average molecular weight is 475 g/mol. The lowest BCUT2D eigenvalue weighted by Gasteiger charge is -2.23. The normalized spacial score (nSPS) is 11.2. The minimum Gasteiger partial charge on any atom is -0.497 e. The van der Waals surface area contributed by atoms with Crippen LogP contribution in [-0.4, -0.2) is 44.4 Å². The van der Waals surface area contributed by atoms with Crippen molar-refractivity contribution in [2.24, 2.45) is 0 Å². The molecule has 0 atom stereocenters. The van der Waals surface area contributed by atoms with E-state index in [9.17, 15) is 13.2 Å². The van der Waals surface area contributed by atoms with E-state index in [4.69, 9.17) is 4.74 Å². The van der Waals surface area contributed by atoms with E-state index in [2.05, 4.69) is 15.5 Å². The van der Waals surface area contributed by atoms with Crippen LogP contribution in [0.3, 0.4) is 0 Å². The molecule has 0 aliphatic heterocycles. The smallest absolute Gasteiger partial charge is 0.232 e. The second-order valence-corrected chi connectivity index (χ2v) is 10.3. The molecule has 1 aromatic heterocycles. The first-order valence-electron chi connectivity index (χ1n) is 10.00. The highest BCUT2D eigenvalue weighted by Gasteiger charge is 2.18. The second kappa shape index (κ2) is 10.1. The number of nitrogens with zero attached hydrogens (tertiary/aromatic N) is 3. The van der Waals surface area contributed by atoms with Crippen LogP contribution in [0.5, 0.6) is 5.75 Å². The molecule has 0 unspecified atom stereocenters. The third-order valence-electron chi connectivity index (χ3n) is 4.95. The van der Waals surface area contributed by atoms with E-state index in [-0.39, 0.29) is 18.9 Å². The number of nitrogens with one attached hydrogen (secondary N) is 1. The molecule has 0 spiro atoms. The summed E-state index contributed by atoms with van der Waals surface area (Å²) in [5.74, 6) is 0.506. The summed E-state index contributed by atoms with van der Waals surface area (Å²) >= 11 is 1.27. The lowest BCUT2D eigenvalue weighted by molar-refractivity contribution is -0.116. The van der Waals surface area contributed by atoms with Crippen molar-refractivity contribution in [2.75, 3.05) is 29.5 Å². The van der Waals surface area contributed by atoms with Crippen LogP contribution in [0.25, 0.3) is 10.6 Å². The zero-order valence-corrected chi connectivity index (χ0v) is 20.1. The minimum absolute atomic E-state index is 0.161. The molecule has 1 N–H and O–H groups in total. The van der Waals surface area contributed by atoms with E-state index in [0.29, 0.717) is 22.2 Å². The number of carbonyl (C=O) groups excluding carboxylic acids is 1. The van der Waals surface area contributed by atoms with Gasteiger partial charge in [-0.2, -0.15) is 0 Å². The molecule has 0 saturated heterocycles. The Kier molecular flexibility index (Phi) is 7.47. The van der Waals surface area contributed by atoms with Crippen LogP contribution in [-0.2, 0) is 14.8 Å². The highest BCUT2D eigenvalue weighted by molar-refractivity contribution is 7.92. The number of hydrogen-bond donors (Lipinski definition) is 1. The molecule has 0 bridgehead atoms. The Morgan fingerprint density at radius 3 is 2.44 bits per heavy atom. The van der Waals surface area contributed by atoms with Gasteiger partial charge in [0.25, 0.3) is 0 Å². The first-order valence-corrected chi connectivity index (χ1v) is 12.7. The average Bonchev–Trinajstić information content (AvgIpc) is 3.21. The van der Waals surface area contributed by atoms with Crippen LogP contribution >= 0.6 is 11.3 Å². The maximum absolute atomic E-state index is 12.4. The number of amides is 1. The number of anilines is 2. The third-order valence-corrected chi connectivity index (χ3v) is 7.03. The fourth-order valence-electron chi connectivity index (χ4n) is 3.06. The van der Waals surface area contributed by atoms with Crippen LogP contribution in [0.2, 0.25) is 0 Å². The van der Waals surface area contributed by atoms with Crippen molar-refractivity contribution in [1.29, 1.82) is 0 Å². The molecular formula is C22H26N4O4S2. The van der Waals surface area contributed by atoms with Crippen molar-refractivity contribution in [3.63, 3.8) is 0 Å². The van der Waals surface area contributed by atoms with E-state index in [1.807, 2.05) is 50.2 Å². The van der Waals surface area contributed by atoms with Crippen LogP contribution < -0.4 is 14.4 Å². The number of aromatic nitrogens is 2. The van der Waals surface area contributed by atoms with Gasteiger partial charge in [0.1, 0.15) is 10.8 Å². The fraction of sp³-hybridized carbons (Fsp3) is 0.318. The molecule has 8 nitrogen and oxygen atoms in total. The van der Waals surface area contributed by atoms with Crippen LogP contribution in [0.15, 0.2) is 42.5 Å². The number of rotatable bonds is 9. The Morgan fingerprint density at radius 1 is 1.09 bits per heavy atom. The Labute approximate surface area is 192 Å². The van der Waals surface area contributed by atoms with E-state index in [1.54, 1.807) is 13.2 Å². The summed E-state index contributed by atoms with van der Waals surface area (Å²) in [5, 5.41) is 12.0. The maximum atomic E-state index is 12.4. The van der Waals surface area contributed by atoms with E-state index in [1.165, 1.54) is 21.9 Å². The van der Waals surface area contributed by atoms with Crippen LogP contribution in [0.1, 0.15) is 24.0 Å². The van der Waals surface area contributed by atoms with Crippen LogP contribution in [0.4, 0.5) is 10.8 Å². The molecule has 3 rings (SSSR count). The summed E-state index contributed by atoms with van der Waals surface area (Å²) in [5.41, 5.74) is 3.58. The molecule has 0 aliphatic carbocycles. The summed E-state index contributed by atoms with van der Waals surface area (Å²) in [6, 6.07) is 12.9. The third kappa shape index (κ3) is 6.04. The number of benzene rings is 2. The highest BCUT2D eigenvalue weighted by atomic mass is 32.2. The van der Waals surface area contributed by atoms with Gasteiger partial charge in [-0.15, -0.1) is 10.2 Å². The Balaban J connectivity index is 1.58. The monoisotopic (exact) mass is 474 g/mol. The predicted molar refractivity (Wildman–Crippen MR) is 128 cm³/mol. The van der Waals surface area contributed by atoms with Gasteiger partial charge in [0.05, 0.1) is 19.1 Å². The van der Waals surface area contributed by atoms with Crippen molar-refractivity contribution in [3.05, 3.63) is 53.6 Å². The first-order chi connectivity index (χ1) is 15.2. The summed E-state index contributed by atoms with van der Waals surface area (Å²) in [7, 11) is -1.86. The molecule has 170 valence electrons. The molecule has 1 amide bonds. The Bertz CT molecular complexity index is 1190. The fourth-order valence-corrected chi connectivity index (χ4v) is 4.78.